The summed E-state index contributed by atoms with van der Waals surface area (Å²) in [5.74, 6) is 0.606. The molecular weight excluding hydrogens is 481 g/mol. The second-order valence-corrected chi connectivity index (χ2v) is 9.36. The number of thiophene rings is 1. The van der Waals surface area contributed by atoms with Crippen molar-refractivity contribution in [3.05, 3.63) is 62.8 Å². The largest absolute Gasteiger partial charge is 0.352 e. The molecule has 33 heavy (non-hydrogen) atoms. The molecule has 4 rings (SSSR count). The Morgan fingerprint density at radius 2 is 1.85 bits per heavy atom. The van der Waals surface area contributed by atoms with Crippen LogP contribution in [0.5, 0.6) is 0 Å². The molecule has 0 N–H and O–H groups in total. The topological polar surface area (TPSA) is 69.6 Å². The molecule has 1 saturated heterocycles. The van der Waals surface area contributed by atoms with Crippen LogP contribution in [-0.4, -0.2) is 71.1 Å². The van der Waals surface area contributed by atoms with Gasteiger partial charge in [-0.05, 0) is 48.7 Å². The minimum absolute atomic E-state index is 0.0415. The van der Waals surface area contributed by atoms with E-state index in [0.717, 1.165) is 11.4 Å². The molecule has 1 aliphatic rings. The summed E-state index contributed by atoms with van der Waals surface area (Å²) in [6, 6.07) is 12.7. The summed E-state index contributed by atoms with van der Waals surface area (Å²) < 4.78 is 0. The van der Waals surface area contributed by atoms with Crippen LogP contribution in [-0.2, 0) is 4.79 Å². The molecule has 0 bridgehead atoms. The van der Waals surface area contributed by atoms with Gasteiger partial charge in [-0.25, -0.2) is 0 Å². The summed E-state index contributed by atoms with van der Waals surface area (Å²) in [6.45, 7) is 4.88. The minimum atomic E-state index is -0.101. The highest BCUT2D eigenvalue weighted by atomic mass is 35.5. The standard InChI is InChI=1S/C23H23Cl2N5O2S/c1-2-28(23(32)20-4-3-13-33-20)15-22(31)30-11-9-29(10-12-30)21-8-7-19(26-27-21)17-6-5-16(24)14-18(17)25/h3-8,13-14H,2,9-12,15H2,1H3. The van der Waals surface area contributed by atoms with E-state index >= 15 is 0 Å². The molecular formula is C23H23Cl2N5O2S. The number of anilines is 1. The molecule has 0 saturated carbocycles. The Hall–Kier alpha value is -2.68. The SMILES string of the molecule is CCN(CC(=O)N1CCN(c2ccc(-c3ccc(Cl)cc3Cl)nn2)CC1)C(=O)c1cccs1. The van der Waals surface area contributed by atoms with Gasteiger partial charge in [0.1, 0.15) is 6.54 Å². The van der Waals surface area contributed by atoms with Crippen molar-refractivity contribution in [1.29, 1.82) is 0 Å². The lowest BCUT2D eigenvalue weighted by Gasteiger charge is -2.36. The molecule has 3 heterocycles. The maximum absolute atomic E-state index is 12.8. The van der Waals surface area contributed by atoms with Gasteiger partial charge in [0, 0.05) is 43.3 Å². The van der Waals surface area contributed by atoms with Crippen molar-refractivity contribution in [1.82, 2.24) is 20.0 Å². The lowest BCUT2D eigenvalue weighted by atomic mass is 10.1. The third kappa shape index (κ3) is 5.46. The molecule has 0 radical (unpaired) electrons. The third-order valence-electron chi connectivity index (χ3n) is 5.54. The number of likely N-dealkylation sites (N-methyl/N-ethyl adjacent to an activating group) is 1. The summed E-state index contributed by atoms with van der Waals surface area (Å²) >= 11 is 13.6. The first kappa shape index (κ1) is 23.5. The Morgan fingerprint density at radius 1 is 1.06 bits per heavy atom. The van der Waals surface area contributed by atoms with Crippen LogP contribution in [0.1, 0.15) is 16.6 Å². The van der Waals surface area contributed by atoms with Crippen LogP contribution in [0.3, 0.4) is 0 Å². The van der Waals surface area contributed by atoms with Crippen molar-refractivity contribution in [3.63, 3.8) is 0 Å². The van der Waals surface area contributed by atoms with Crippen molar-refractivity contribution in [2.75, 3.05) is 44.2 Å². The van der Waals surface area contributed by atoms with Gasteiger partial charge in [-0.3, -0.25) is 9.59 Å². The van der Waals surface area contributed by atoms with Gasteiger partial charge >= 0.3 is 0 Å². The first-order chi connectivity index (χ1) is 16.0. The fraction of sp³-hybridized carbons (Fsp3) is 0.304. The Balaban J connectivity index is 1.33. The maximum Gasteiger partial charge on any atom is 0.264 e. The van der Waals surface area contributed by atoms with Gasteiger partial charge in [0.15, 0.2) is 5.82 Å². The second kappa shape index (κ2) is 10.5. The predicted molar refractivity (Wildman–Crippen MR) is 132 cm³/mol. The molecule has 10 heteroatoms. The number of piperazine rings is 1. The summed E-state index contributed by atoms with van der Waals surface area (Å²) in [7, 11) is 0. The fourth-order valence-electron chi connectivity index (χ4n) is 3.67. The number of rotatable bonds is 6. The van der Waals surface area contributed by atoms with Crippen molar-refractivity contribution in [3.8, 4) is 11.3 Å². The predicted octanol–water partition coefficient (Wildman–Crippen LogP) is 4.32. The van der Waals surface area contributed by atoms with Gasteiger partial charge in [-0.2, -0.15) is 0 Å². The number of aromatic nitrogens is 2. The molecule has 2 aromatic heterocycles. The average molecular weight is 504 g/mol. The van der Waals surface area contributed by atoms with Crippen LogP contribution in [0.2, 0.25) is 10.0 Å². The van der Waals surface area contributed by atoms with E-state index in [-0.39, 0.29) is 18.4 Å². The quantitative estimate of drug-likeness (QED) is 0.500. The Morgan fingerprint density at radius 3 is 2.45 bits per heavy atom. The molecule has 0 atom stereocenters. The van der Waals surface area contributed by atoms with E-state index in [1.54, 1.807) is 28.0 Å². The first-order valence-electron chi connectivity index (χ1n) is 10.6. The van der Waals surface area contributed by atoms with Crippen molar-refractivity contribution >= 4 is 52.2 Å². The van der Waals surface area contributed by atoms with E-state index < -0.39 is 0 Å². The van der Waals surface area contributed by atoms with E-state index in [1.165, 1.54) is 11.3 Å². The highest BCUT2D eigenvalue weighted by Crippen LogP contribution is 2.29. The van der Waals surface area contributed by atoms with Gasteiger partial charge in [0.05, 0.1) is 15.6 Å². The Kier molecular flexibility index (Phi) is 7.47. The fourth-order valence-corrected chi connectivity index (χ4v) is 4.86. The highest BCUT2D eigenvalue weighted by Gasteiger charge is 2.25. The molecule has 0 aliphatic carbocycles. The molecule has 0 unspecified atom stereocenters. The van der Waals surface area contributed by atoms with E-state index in [9.17, 15) is 9.59 Å². The Labute approximate surface area is 206 Å². The lowest BCUT2D eigenvalue weighted by molar-refractivity contribution is -0.132. The molecule has 0 spiro atoms. The number of amides is 2. The van der Waals surface area contributed by atoms with Gasteiger partial charge in [0.2, 0.25) is 5.91 Å². The number of nitrogens with zero attached hydrogens (tertiary/aromatic N) is 5. The minimum Gasteiger partial charge on any atom is -0.352 e. The van der Waals surface area contributed by atoms with E-state index in [4.69, 9.17) is 23.2 Å². The Bertz CT molecular complexity index is 1120. The normalized spacial score (nSPS) is 13.8. The van der Waals surface area contributed by atoms with Crippen LogP contribution in [0.25, 0.3) is 11.3 Å². The molecule has 1 aliphatic heterocycles. The molecule has 7 nitrogen and oxygen atoms in total. The molecule has 2 amide bonds. The van der Waals surface area contributed by atoms with Crippen LogP contribution in [0.15, 0.2) is 47.8 Å². The second-order valence-electron chi connectivity index (χ2n) is 7.57. The molecule has 1 aromatic carbocycles. The van der Waals surface area contributed by atoms with Crippen molar-refractivity contribution in [2.24, 2.45) is 0 Å². The zero-order valence-electron chi connectivity index (χ0n) is 18.1. The number of hydrogen-bond acceptors (Lipinski definition) is 6. The van der Waals surface area contributed by atoms with Crippen molar-refractivity contribution < 1.29 is 9.59 Å². The van der Waals surface area contributed by atoms with Gasteiger partial charge in [0.25, 0.3) is 5.91 Å². The number of hydrogen-bond donors (Lipinski definition) is 0. The van der Waals surface area contributed by atoms with Crippen molar-refractivity contribution in [2.45, 2.75) is 6.92 Å². The number of benzene rings is 1. The highest BCUT2D eigenvalue weighted by molar-refractivity contribution is 7.12. The van der Waals surface area contributed by atoms with Gasteiger partial charge in [-0.1, -0.05) is 29.3 Å². The first-order valence-corrected chi connectivity index (χ1v) is 12.2. The summed E-state index contributed by atoms with van der Waals surface area (Å²) in [6.07, 6.45) is 0. The molecule has 3 aromatic rings. The monoisotopic (exact) mass is 503 g/mol. The van der Waals surface area contributed by atoms with E-state index in [2.05, 4.69) is 15.1 Å². The van der Waals surface area contributed by atoms with Crippen LogP contribution < -0.4 is 4.90 Å². The van der Waals surface area contributed by atoms with E-state index in [0.29, 0.717) is 53.3 Å². The number of carbonyl (C=O) groups excluding carboxylic acids is 2. The lowest BCUT2D eigenvalue weighted by Crippen LogP contribution is -2.52. The van der Waals surface area contributed by atoms with Crippen LogP contribution >= 0.6 is 34.5 Å². The zero-order chi connectivity index (χ0) is 23.4. The smallest absolute Gasteiger partial charge is 0.264 e. The summed E-state index contributed by atoms with van der Waals surface area (Å²) in [5.41, 5.74) is 1.44. The average Bonchev–Trinajstić information content (AvgIpc) is 3.37. The van der Waals surface area contributed by atoms with Crippen LogP contribution in [0.4, 0.5) is 5.82 Å². The summed E-state index contributed by atoms with van der Waals surface area (Å²) in [5, 5.41) is 11.6. The van der Waals surface area contributed by atoms with Crippen LogP contribution in [0, 0.1) is 0 Å². The van der Waals surface area contributed by atoms with Gasteiger partial charge < -0.3 is 14.7 Å². The molecule has 172 valence electrons. The maximum atomic E-state index is 12.8. The van der Waals surface area contributed by atoms with Gasteiger partial charge in [-0.15, -0.1) is 21.5 Å². The molecule has 1 fully saturated rings. The van der Waals surface area contributed by atoms with E-state index in [1.807, 2.05) is 36.6 Å². The zero-order valence-corrected chi connectivity index (χ0v) is 20.4. The third-order valence-corrected chi connectivity index (χ3v) is 6.95. The summed E-state index contributed by atoms with van der Waals surface area (Å²) in [4.78, 5) is 31.5. The number of carbonyl (C=O) groups is 2. The number of halogens is 2.